The molecular weight excluding hydrogens is 503 g/mol. The maximum atomic E-state index is 13.3. The molecule has 0 spiro atoms. The van der Waals surface area contributed by atoms with Gasteiger partial charge in [0.05, 0.1) is 45.1 Å². The van der Waals surface area contributed by atoms with Gasteiger partial charge >= 0.3 is 7.12 Å². The first kappa shape index (κ1) is 31.0. The number of nitrogens with one attached hydrogen (secondary N) is 2. The molecule has 218 valence electrons. The normalized spacial score (nSPS) is 21.1. The van der Waals surface area contributed by atoms with E-state index < -0.39 is 42.8 Å². The summed E-state index contributed by atoms with van der Waals surface area (Å²) in [5, 5.41) is 15.8. The van der Waals surface area contributed by atoms with Crippen LogP contribution in [0.4, 0.5) is 0 Å². The predicted octanol–water partition coefficient (Wildman–Crippen LogP) is 2.46. The number of amides is 2. The lowest BCUT2D eigenvalue weighted by molar-refractivity contribution is -0.132. The molecular formula is C28H45BN2O8. The molecule has 11 heteroatoms. The Morgan fingerprint density at radius 1 is 1.05 bits per heavy atom. The van der Waals surface area contributed by atoms with Crippen molar-refractivity contribution in [2.24, 2.45) is 11.8 Å². The van der Waals surface area contributed by atoms with E-state index in [0.717, 1.165) is 11.1 Å². The van der Waals surface area contributed by atoms with Crippen LogP contribution in [0.1, 0.15) is 65.5 Å². The molecule has 1 heterocycles. The van der Waals surface area contributed by atoms with Gasteiger partial charge < -0.3 is 39.3 Å². The van der Waals surface area contributed by atoms with E-state index >= 15 is 0 Å². The van der Waals surface area contributed by atoms with E-state index in [0.29, 0.717) is 42.9 Å². The number of hydrogen-bond donors (Lipinski definition) is 3. The number of benzene rings is 1. The van der Waals surface area contributed by atoms with Gasteiger partial charge in [-0.05, 0) is 70.9 Å². The summed E-state index contributed by atoms with van der Waals surface area (Å²) in [4.78, 5) is 26.5. The van der Waals surface area contributed by atoms with Gasteiger partial charge in [0, 0.05) is 11.5 Å². The predicted molar refractivity (Wildman–Crippen MR) is 148 cm³/mol. The smallest absolute Gasteiger partial charge is 0.481 e. The molecule has 1 aliphatic carbocycles. The molecule has 3 rings (SSSR count). The average Bonchev–Trinajstić information content (AvgIpc) is 3.10. The van der Waals surface area contributed by atoms with Gasteiger partial charge in [-0.2, -0.15) is 0 Å². The second-order valence-corrected chi connectivity index (χ2v) is 11.8. The molecule has 1 fully saturated rings. The molecule has 1 aromatic carbocycles. The van der Waals surface area contributed by atoms with Crippen LogP contribution >= 0.6 is 0 Å². The standard InChI is InChI=1S/C28H45BN2O8/c1-16(2)12-22(29-38-27(3,4)28(5,6)39-29)31-26(34)20(15-32)30-25(33)17-10-11-19-18(13-17)14-21(35-7)24(37-9)23(19)36-8/h14,16-17,20,22,32H,10-13,15H2,1-9H3,(H,30,33)(H,31,34)/t17?,20-,22-/m0/s1. The second kappa shape index (κ2) is 12.3. The summed E-state index contributed by atoms with van der Waals surface area (Å²) in [6, 6.07) is 0.768. The Morgan fingerprint density at radius 3 is 2.18 bits per heavy atom. The summed E-state index contributed by atoms with van der Waals surface area (Å²) in [7, 11) is 4.05. The Bertz CT molecular complexity index is 1030. The number of methoxy groups -OCH3 is 3. The maximum absolute atomic E-state index is 13.3. The Balaban J connectivity index is 1.71. The minimum absolute atomic E-state index is 0.256. The van der Waals surface area contributed by atoms with E-state index in [1.807, 2.05) is 33.8 Å². The van der Waals surface area contributed by atoms with E-state index in [1.54, 1.807) is 21.3 Å². The third-order valence-electron chi connectivity index (χ3n) is 8.07. The lowest BCUT2D eigenvalue weighted by Gasteiger charge is -2.32. The van der Waals surface area contributed by atoms with Crippen LogP contribution in [0.3, 0.4) is 0 Å². The number of carbonyl (C=O) groups is 2. The number of ether oxygens (including phenoxy) is 3. The van der Waals surface area contributed by atoms with Crippen LogP contribution in [0.5, 0.6) is 17.2 Å². The largest absolute Gasteiger partial charge is 0.493 e. The molecule has 2 aliphatic rings. The van der Waals surface area contributed by atoms with Crippen LogP contribution in [-0.2, 0) is 31.7 Å². The minimum atomic E-state index is -1.10. The lowest BCUT2D eigenvalue weighted by Crippen LogP contribution is -2.56. The first-order valence-electron chi connectivity index (χ1n) is 13.7. The van der Waals surface area contributed by atoms with Crippen LogP contribution in [0.15, 0.2) is 6.07 Å². The number of carbonyl (C=O) groups excluding carboxylic acids is 2. The minimum Gasteiger partial charge on any atom is -0.493 e. The third-order valence-corrected chi connectivity index (χ3v) is 8.07. The maximum Gasteiger partial charge on any atom is 0.481 e. The van der Waals surface area contributed by atoms with Crippen LogP contribution < -0.4 is 24.8 Å². The highest BCUT2D eigenvalue weighted by molar-refractivity contribution is 6.48. The molecule has 1 aliphatic heterocycles. The molecule has 10 nitrogen and oxygen atoms in total. The van der Waals surface area contributed by atoms with Gasteiger partial charge in [-0.15, -0.1) is 0 Å². The van der Waals surface area contributed by atoms with Crippen molar-refractivity contribution in [2.45, 2.75) is 90.4 Å². The fraction of sp³-hybridized carbons (Fsp3) is 0.714. The van der Waals surface area contributed by atoms with E-state index in [1.165, 1.54) is 0 Å². The number of fused-ring (bicyclic) bond motifs is 1. The van der Waals surface area contributed by atoms with Crippen molar-refractivity contribution in [1.29, 1.82) is 0 Å². The topological polar surface area (TPSA) is 125 Å². The SMILES string of the molecule is COc1cc2c(c(OC)c1OC)CCC(C(=O)N[C@@H](CO)C(=O)N[C@@H](CC(C)C)B1OC(C)(C)C(C)(C)O1)C2. The first-order valence-corrected chi connectivity index (χ1v) is 13.7. The summed E-state index contributed by atoms with van der Waals surface area (Å²) in [6.45, 7) is 11.4. The van der Waals surface area contributed by atoms with Gasteiger partial charge in [-0.3, -0.25) is 9.59 Å². The highest BCUT2D eigenvalue weighted by Gasteiger charge is 2.54. The van der Waals surface area contributed by atoms with Crippen molar-refractivity contribution in [1.82, 2.24) is 10.6 Å². The zero-order valence-corrected chi connectivity index (χ0v) is 24.8. The molecule has 0 radical (unpaired) electrons. The molecule has 0 bridgehead atoms. The van der Waals surface area contributed by atoms with E-state index in [4.69, 9.17) is 23.5 Å². The Morgan fingerprint density at radius 2 is 1.67 bits per heavy atom. The van der Waals surface area contributed by atoms with Crippen molar-refractivity contribution in [3.63, 3.8) is 0 Å². The zero-order valence-electron chi connectivity index (χ0n) is 24.8. The van der Waals surface area contributed by atoms with E-state index in [-0.39, 0.29) is 17.7 Å². The molecule has 1 saturated heterocycles. The van der Waals surface area contributed by atoms with E-state index in [9.17, 15) is 14.7 Å². The Kier molecular flexibility index (Phi) is 9.83. The highest BCUT2D eigenvalue weighted by atomic mass is 16.7. The van der Waals surface area contributed by atoms with Crippen LogP contribution in [0.25, 0.3) is 0 Å². The van der Waals surface area contributed by atoms with Gasteiger partial charge in [0.25, 0.3) is 0 Å². The fourth-order valence-corrected chi connectivity index (χ4v) is 5.20. The number of aliphatic hydroxyl groups is 1. The lowest BCUT2D eigenvalue weighted by atomic mass is 9.74. The Hall–Kier alpha value is -2.50. The summed E-state index contributed by atoms with van der Waals surface area (Å²) in [6.07, 6.45) is 2.22. The Labute approximate surface area is 232 Å². The number of hydrogen-bond acceptors (Lipinski definition) is 8. The van der Waals surface area contributed by atoms with Gasteiger partial charge in [0.1, 0.15) is 6.04 Å². The van der Waals surface area contributed by atoms with Gasteiger partial charge in [-0.1, -0.05) is 13.8 Å². The highest BCUT2D eigenvalue weighted by Crippen LogP contribution is 2.45. The van der Waals surface area contributed by atoms with Crippen LogP contribution in [0.2, 0.25) is 0 Å². The molecule has 3 N–H and O–H groups in total. The summed E-state index contributed by atoms with van der Waals surface area (Å²) in [5.41, 5.74) is 0.817. The summed E-state index contributed by atoms with van der Waals surface area (Å²) < 4.78 is 28.9. The molecule has 2 amide bonds. The van der Waals surface area contributed by atoms with Crippen LogP contribution in [0, 0.1) is 11.8 Å². The fourth-order valence-electron chi connectivity index (χ4n) is 5.20. The van der Waals surface area contributed by atoms with Crippen molar-refractivity contribution < 1.29 is 38.2 Å². The quantitative estimate of drug-likeness (QED) is 0.361. The zero-order chi connectivity index (χ0) is 29.1. The molecule has 0 aromatic heterocycles. The average molecular weight is 548 g/mol. The molecule has 1 unspecified atom stereocenters. The molecule has 3 atom stereocenters. The summed E-state index contributed by atoms with van der Waals surface area (Å²) in [5.74, 6) is 0.328. The van der Waals surface area contributed by atoms with E-state index in [2.05, 4.69) is 24.5 Å². The molecule has 39 heavy (non-hydrogen) atoms. The van der Waals surface area contributed by atoms with Crippen molar-refractivity contribution in [3.05, 3.63) is 17.2 Å². The molecule has 0 saturated carbocycles. The first-order chi connectivity index (χ1) is 18.3. The van der Waals surface area contributed by atoms with Crippen molar-refractivity contribution in [3.8, 4) is 17.2 Å². The molecule has 1 aromatic rings. The third kappa shape index (κ3) is 6.64. The second-order valence-electron chi connectivity index (χ2n) is 11.8. The summed E-state index contributed by atoms with van der Waals surface area (Å²) >= 11 is 0. The van der Waals surface area contributed by atoms with Gasteiger partial charge in [0.2, 0.25) is 17.6 Å². The van der Waals surface area contributed by atoms with Crippen molar-refractivity contribution >= 4 is 18.9 Å². The van der Waals surface area contributed by atoms with Crippen molar-refractivity contribution in [2.75, 3.05) is 27.9 Å². The monoisotopic (exact) mass is 548 g/mol. The van der Waals surface area contributed by atoms with Gasteiger partial charge in [-0.25, -0.2) is 0 Å². The number of rotatable bonds is 11. The van der Waals surface area contributed by atoms with Gasteiger partial charge in [0.15, 0.2) is 11.5 Å². The van der Waals surface area contributed by atoms with Crippen LogP contribution in [-0.4, -0.2) is 75.2 Å². The number of aliphatic hydroxyl groups excluding tert-OH is 1.